The minimum absolute atomic E-state index is 0.282. The van der Waals surface area contributed by atoms with Crippen molar-refractivity contribution in [2.45, 2.75) is 51.2 Å². The van der Waals surface area contributed by atoms with E-state index in [2.05, 4.69) is 34.2 Å². The molecule has 1 aliphatic rings. The lowest BCUT2D eigenvalue weighted by atomic mass is 9.77. The molecule has 1 aromatic heterocycles. The minimum Gasteiger partial charge on any atom is -0.314 e. The van der Waals surface area contributed by atoms with Gasteiger partial charge in [0.15, 0.2) is 0 Å². The van der Waals surface area contributed by atoms with E-state index in [0.717, 1.165) is 16.8 Å². The van der Waals surface area contributed by atoms with Gasteiger partial charge in [-0.2, -0.15) is 13.2 Å². The second-order valence-electron chi connectivity index (χ2n) is 5.73. The summed E-state index contributed by atoms with van der Waals surface area (Å²) in [5.74, 6) is -0.740. The van der Waals surface area contributed by atoms with Gasteiger partial charge >= 0.3 is 6.18 Å². The molecule has 1 saturated carbocycles. The molecule has 21 heavy (non-hydrogen) atoms. The second kappa shape index (κ2) is 7.47. The first-order chi connectivity index (χ1) is 9.90. The number of likely N-dealkylation sites (N-methyl/N-ethyl adjacent to an activating group) is 1. The molecule has 1 nitrogen and oxygen atoms in total. The first-order valence-electron chi connectivity index (χ1n) is 7.44. The van der Waals surface area contributed by atoms with Crippen molar-refractivity contribution < 1.29 is 13.2 Å². The molecule has 1 fully saturated rings. The summed E-state index contributed by atoms with van der Waals surface area (Å²) < 4.78 is 39.3. The molecule has 2 rings (SSSR count). The van der Waals surface area contributed by atoms with E-state index in [1.165, 1.54) is 4.88 Å². The molecule has 1 atom stereocenters. The number of nitrogens with one attached hydrogen (secondary N) is 1. The Balaban J connectivity index is 1.93. The molecule has 1 N–H and O–H groups in total. The first kappa shape index (κ1) is 17.3. The van der Waals surface area contributed by atoms with Crippen LogP contribution in [0.4, 0.5) is 13.2 Å². The van der Waals surface area contributed by atoms with Gasteiger partial charge in [-0.3, -0.25) is 0 Å². The van der Waals surface area contributed by atoms with E-state index in [1.807, 2.05) is 6.07 Å². The summed E-state index contributed by atoms with van der Waals surface area (Å²) in [7, 11) is 0. The van der Waals surface area contributed by atoms with Gasteiger partial charge in [-0.25, -0.2) is 0 Å². The molecule has 120 valence electrons. The van der Waals surface area contributed by atoms with E-state index in [-0.39, 0.29) is 18.9 Å². The summed E-state index contributed by atoms with van der Waals surface area (Å²) in [5.41, 5.74) is 0. The Morgan fingerprint density at radius 3 is 2.43 bits per heavy atom. The molecule has 6 heteroatoms. The summed E-state index contributed by atoms with van der Waals surface area (Å²) in [6, 6.07) is 4.42. The number of rotatable bonds is 5. The van der Waals surface area contributed by atoms with Crippen LogP contribution in [0.2, 0.25) is 0 Å². The van der Waals surface area contributed by atoms with Gasteiger partial charge in [0.2, 0.25) is 0 Å². The normalized spacial score (nSPS) is 25.0. The second-order valence-corrected chi connectivity index (χ2v) is 8.27. The van der Waals surface area contributed by atoms with E-state index < -0.39 is 12.1 Å². The highest BCUT2D eigenvalue weighted by atomic mass is 79.9. The van der Waals surface area contributed by atoms with Gasteiger partial charge in [-0.1, -0.05) is 6.92 Å². The Bertz CT molecular complexity index is 438. The quantitative estimate of drug-likeness (QED) is 0.717. The lowest BCUT2D eigenvalue weighted by molar-refractivity contribution is -0.184. The average Bonchev–Trinajstić information content (AvgIpc) is 2.83. The van der Waals surface area contributed by atoms with E-state index in [4.69, 9.17) is 0 Å². The Hall–Kier alpha value is -0.0700. The van der Waals surface area contributed by atoms with Gasteiger partial charge < -0.3 is 5.32 Å². The molecule has 1 aromatic rings. The highest BCUT2D eigenvalue weighted by Gasteiger charge is 2.42. The maximum absolute atomic E-state index is 12.7. The monoisotopic (exact) mass is 383 g/mol. The Kier molecular flexibility index (Phi) is 6.15. The molecule has 0 spiro atoms. The molecule has 1 unspecified atom stereocenters. The van der Waals surface area contributed by atoms with Crippen molar-refractivity contribution in [2.75, 3.05) is 6.54 Å². The fraction of sp³-hybridized carbons (Fsp3) is 0.733. The highest BCUT2D eigenvalue weighted by molar-refractivity contribution is 9.11. The van der Waals surface area contributed by atoms with Crippen molar-refractivity contribution in [3.63, 3.8) is 0 Å². The largest absolute Gasteiger partial charge is 0.391 e. The molecular weight excluding hydrogens is 363 g/mol. The fourth-order valence-electron chi connectivity index (χ4n) is 3.19. The molecule has 0 saturated heterocycles. The van der Waals surface area contributed by atoms with Crippen molar-refractivity contribution in [1.29, 1.82) is 0 Å². The van der Waals surface area contributed by atoms with Crippen LogP contribution in [0.1, 0.15) is 37.5 Å². The number of halogens is 4. The lowest BCUT2D eigenvalue weighted by Gasteiger charge is -2.35. The van der Waals surface area contributed by atoms with Crippen molar-refractivity contribution in [1.82, 2.24) is 5.32 Å². The van der Waals surface area contributed by atoms with Gasteiger partial charge in [0.05, 0.1) is 9.70 Å². The SMILES string of the molecule is CCNC(Cc1ccc(Br)s1)C1CCC(C(F)(F)F)CC1. The zero-order chi connectivity index (χ0) is 15.5. The van der Waals surface area contributed by atoms with E-state index in [9.17, 15) is 13.2 Å². The van der Waals surface area contributed by atoms with Crippen molar-refractivity contribution >= 4 is 27.3 Å². The predicted octanol–water partition coefficient (Wildman–Crippen LogP) is 5.40. The van der Waals surface area contributed by atoms with Gasteiger partial charge in [-0.05, 0) is 72.6 Å². The molecule has 0 aromatic carbocycles. The van der Waals surface area contributed by atoms with Crippen molar-refractivity contribution in [3.8, 4) is 0 Å². The van der Waals surface area contributed by atoms with Gasteiger partial charge in [-0.15, -0.1) is 11.3 Å². The Labute approximate surface area is 136 Å². The van der Waals surface area contributed by atoms with Crippen LogP contribution in [0, 0.1) is 11.8 Å². The number of hydrogen-bond donors (Lipinski definition) is 1. The maximum Gasteiger partial charge on any atom is 0.391 e. The molecule has 0 amide bonds. The summed E-state index contributed by atoms with van der Waals surface area (Å²) in [5, 5.41) is 3.47. The van der Waals surface area contributed by atoms with Crippen LogP contribution in [-0.4, -0.2) is 18.8 Å². The summed E-state index contributed by atoms with van der Waals surface area (Å²) in [6.07, 6.45) is -1.19. The first-order valence-corrected chi connectivity index (χ1v) is 9.05. The Morgan fingerprint density at radius 1 is 1.29 bits per heavy atom. The zero-order valence-electron chi connectivity index (χ0n) is 12.0. The number of alkyl halides is 3. The minimum atomic E-state index is -4.02. The van der Waals surface area contributed by atoms with Crippen LogP contribution < -0.4 is 5.32 Å². The summed E-state index contributed by atoms with van der Waals surface area (Å²) in [6.45, 7) is 2.91. The lowest BCUT2D eigenvalue weighted by Crippen LogP contribution is -2.41. The van der Waals surface area contributed by atoms with Crippen molar-refractivity contribution in [2.24, 2.45) is 11.8 Å². The van der Waals surface area contributed by atoms with Crippen LogP contribution in [0.25, 0.3) is 0 Å². The molecule has 0 bridgehead atoms. The Morgan fingerprint density at radius 2 is 1.95 bits per heavy atom. The molecule has 0 radical (unpaired) electrons. The molecule has 1 aliphatic carbocycles. The topological polar surface area (TPSA) is 12.0 Å². The maximum atomic E-state index is 12.7. The van der Waals surface area contributed by atoms with E-state index >= 15 is 0 Å². The zero-order valence-corrected chi connectivity index (χ0v) is 14.5. The fourth-order valence-corrected chi connectivity index (χ4v) is 4.74. The van der Waals surface area contributed by atoms with E-state index in [1.54, 1.807) is 11.3 Å². The number of hydrogen-bond acceptors (Lipinski definition) is 2. The van der Waals surface area contributed by atoms with Gasteiger partial charge in [0, 0.05) is 10.9 Å². The van der Waals surface area contributed by atoms with Crippen LogP contribution in [0.15, 0.2) is 15.9 Å². The van der Waals surface area contributed by atoms with Crippen molar-refractivity contribution in [3.05, 3.63) is 20.8 Å². The molecule has 1 heterocycles. The standard InChI is InChI=1S/C15H21BrF3NS/c1-2-20-13(9-12-7-8-14(16)21-12)10-3-5-11(6-4-10)15(17,18)19/h7-8,10-11,13,20H,2-6,9H2,1H3. The predicted molar refractivity (Wildman–Crippen MR) is 84.7 cm³/mol. The van der Waals surface area contributed by atoms with Gasteiger partial charge in [0.1, 0.15) is 0 Å². The summed E-state index contributed by atoms with van der Waals surface area (Å²) >= 11 is 5.17. The van der Waals surface area contributed by atoms with E-state index in [0.29, 0.717) is 18.8 Å². The average molecular weight is 384 g/mol. The molecular formula is C15H21BrF3NS. The van der Waals surface area contributed by atoms with Crippen LogP contribution in [0.3, 0.4) is 0 Å². The van der Waals surface area contributed by atoms with Crippen LogP contribution in [0.5, 0.6) is 0 Å². The third-order valence-corrected chi connectivity index (χ3v) is 5.97. The molecule has 0 aliphatic heterocycles. The summed E-state index contributed by atoms with van der Waals surface area (Å²) in [4.78, 5) is 1.28. The van der Waals surface area contributed by atoms with Gasteiger partial charge in [0.25, 0.3) is 0 Å². The number of thiophene rings is 1. The third-order valence-electron chi connectivity index (χ3n) is 4.32. The highest BCUT2D eigenvalue weighted by Crippen LogP contribution is 2.41. The third kappa shape index (κ3) is 4.96. The van der Waals surface area contributed by atoms with Crippen LogP contribution >= 0.6 is 27.3 Å². The smallest absolute Gasteiger partial charge is 0.314 e. The van der Waals surface area contributed by atoms with Crippen LogP contribution in [-0.2, 0) is 6.42 Å².